The third kappa shape index (κ3) is 2.44. The largest absolute Gasteiger partial charge is 0.480 e. The van der Waals surface area contributed by atoms with Gasteiger partial charge in [-0.1, -0.05) is 6.42 Å². The van der Waals surface area contributed by atoms with Crippen LogP contribution in [-0.4, -0.2) is 40.3 Å². The van der Waals surface area contributed by atoms with Gasteiger partial charge >= 0.3 is 12.1 Å². The van der Waals surface area contributed by atoms with Crippen LogP contribution in [0.5, 0.6) is 0 Å². The number of amides is 1. The number of carboxylic acid groups (broad SMARTS) is 1. The van der Waals surface area contributed by atoms with Crippen LogP contribution < -0.4 is 0 Å². The quantitative estimate of drug-likeness (QED) is 0.779. The second-order valence-corrected chi connectivity index (χ2v) is 6.27. The summed E-state index contributed by atoms with van der Waals surface area (Å²) in [6.07, 6.45) is 2.50. The van der Waals surface area contributed by atoms with Gasteiger partial charge in [-0.15, -0.1) is 0 Å². The van der Waals surface area contributed by atoms with Crippen LogP contribution in [-0.2, 0) is 9.53 Å². The van der Waals surface area contributed by atoms with Crippen LogP contribution in [0, 0.1) is 11.8 Å². The number of likely N-dealkylation sites (tertiary alicyclic amines) is 1. The van der Waals surface area contributed by atoms with Crippen molar-refractivity contribution in [3.63, 3.8) is 0 Å². The van der Waals surface area contributed by atoms with Crippen molar-refractivity contribution in [3.8, 4) is 0 Å². The molecule has 1 saturated carbocycles. The molecule has 3 atom stereocenters. The summed E-state index contributed by atoms with van der Waals surface area (Å²) in [6, 6.07) is -0.702. The Morgan fingerprint density at radius 1 is 1.28 bits per heavy atom. The molecule has 2 rings (SSSR count). The molecule has 0 aromatic carbocycles. The van der Waals surface area contributed by atoms with Crippen LogP contribution in [0.2, 0.25) is 0 Å². The first-order valence-electron chi connectivity index (χ1n) is 6.52. The lowest BCUT2D eigenvalue weighted by Crippen LogP contribution is -2.45. The summed E-state index contributed by atoms with van der Waals surface area (Å²) in [4.78, 5) is 24.8. The van der Waals surface area contributed by atoms with E-state index in [1.807, 2.05) is 0 Å². The Kier molecular flexibility index (Phi) is 3.25. The molecule has 1 heterocycles. The summed E-state index contributed by atoms with van der Waals surface area (Å²) in [5.41, 5.74) is -0.585. The maximum absolute atomic E-state index is 12.0. The smallest absolute Gasteiger partial charge is 0.411 e. The molecule has 5 heteroatoms. The molecule has 0 spiro atoms. The number of ether oxygens (including phenoxy) is 1. The van der Waals surface area contributed by atoms with Gasteiger partial charge in [0.05, 0.1) is 0 Å². The van der Waals surface area contributed by atoms with E-state index in [9.17, 15) is 14.7 Å². The van der Waals surface area contributed by atoms with E-state index < -0.39 is 23.7 Å². The van der Waals surface area contributed by atoms with Crippen LogP contribution in [0.25, 0.3) is 0 Å². The van der Waals surface area contributed by atoms with Gasteiger partial charge in [0.2, 0.25) is 0 Å². The summed E-state index contributed by atoms with van der Waals surface area (Å²) in [5, 5.41) is 9.33. The maximum atomic E-state index is 12.0. The Hall–Kier alpha value is -1.26. The zero-order chi connectivity index (χ0) is 13.5. The fraction of sp³-hybridized carbons (Fsp3) is 0.846. The average Bonchev–Trinajstić information content (AvgIpc) is 2.70. The second kappa shape index (κ2) is 4.44. The highest BCUT2D eigenvalue weighted by atomic mass is 16.6. The first kappa shape index (κ1) is 13.2. The molecule has 1 amide bonds. The molecule has 0 bridgehead atoms. The van der Waals surface area contributed by atoms with Crippen molar-refractivity contribution in [2.75, 3.05) is 6.54 Å². The lowest BCUT2D eigenvalue weighted by molar-refractivity contribution is -0.143. The standard InChI is InChI=1S/C13H21NO4/c1-13(2,3)18-12(17)14-7-8-5-4-6-9(8)10(14)11(15)16/h8-10H,4-7H2,1-3H3,(H,15,16)/t8?,9-,10+/m1/s1. The fourth-order valence-corrected chi connectivity index (χ4v) is 3.13. The minimum absolute atomic E-state index is 0.106. The molecular formula is C13H21NO4. The fourth-order valence-electron chi connectivity index (χ4n) is 3.13. The van der Waals surface area contributed by atoms with E-state index in [1.54, 1.807) is 20.8 Å². The molecule has 5 nitrogen and oxygen atoms in total. The normalized spacial score (nSPS) is 31.3. The number of carbonyl (C=O) groups excluding carboxylic acids is 1. The molecule has 18 heavy (non-hydrogen) atoms. The van der Waals surface area contributed by atoms with E-state index >= 15 is 0 Å². The van der Waals surface area contributed by atoms with Crippen molar-refractivity contribution < 1.29 is 19.4 Å². The lowest BCUT2D eigenvalue weighted by atomic mass is 9.94. The Balaban J connectivity index is 2.12. The Morgan fingerprint density at radius 2 is 1.94 bits per heavy atom. The van der Waals surface area contributed by atoms with Gasteiger partial charge < -0.3 is 9.84 Å². The SMILES string of the molecule is CC(C)(C)OC(=O)N1CC2CCC[C@H]2[C@H]1C(=O)O. The average molecular weight is 255 g/mol. The number of hydrogen-bond acceptors (Lipinski definition) is 3. The first-order valence-corrected chi connectivity index (χ1v) is 6.52. The molecule has 1 N–H and O–H groups in total. The zero-order valence-corrected chi connectivity index (χ0v) is 11.2. The number of nitrogens with zero attached hydrogens (tertiary/aromatic N) is 1. The van der Waals surface area contributed by atoms with Gasteiger partial charge in [0, 0.05) is 6.54 Å². The van der Waals surface area contributed by atoms with E-state index in [0.29, 0.717) is 12.5 Å². The summed E-state index contributed by atoms with van der Waals surface area (Å²) in [6.45, 7) is 5.89. The predicted molar refractivity (Wildman–Crippen MR) is 65.2 cm³/mol. The molecule has 102 valence electrons. The summed E-state index contributed by atoms with van der Waals surface area (Å²) in [5.74, 6) is -0.469. The zero-order valence-electron chi connectivity index (χ0n) is 11.2. The van der Waals surface area contributed by atoms with E-state index in [4.69, 9.17) is 4.74 Å². The van der Waals surface area contributed by atoms with Crippen molar-refractivity contribution in [1.29, 1.82) is 0 Å². The number of hydrogen-bond donors (Lipinski definition) is 1. The summed E-state index contributed by atoms with van der Waals surface area (Å²) < 4.78 is 5.29. The molecule has 0 aromatic rings. The predicted octanol–water partition coefficient (Wildman–Crippen LogP) is 2.11. The van der Waals surface area contributed by atoms with E-state index in [1.165, 1.54) is 4.90 Å². The molecule has 0 radical (unpaired) electrons. The monoisotopic (exact) mass is 255 g/mol. The number of carboxylic acids is 1. The van der Waals surface area contributed by atoms with Crippen LogP contribution in [0.4, 0.5) is 4.79 Å². The third-order valence-corrected chi connectivity index (χ3v) is 3.77. The second-order valence-electron chi connectivity index (χ2n) is 6.27. The Bertz CT molecular complexity index is 360. The maximum Gasteiger partial charge on any atom is 0.411 e. The number of fused-ring (bicyclic) bond motifs is 1. The van der Waals surface area contributed by atoms with Crippen LogP contribution >= 0.6 is 0 Å². The summed E-state index contributed by atoms with van der Waals surface area (Å²) in [7, 11) is 0. The van der Waals surface area contributed by atoms with Gasteiger partial charge in [0.25, 0.3) is 0 Å². The van der Waals surface area contributed by atoms with Gasteiger partial charge in [-0.3, -0.25) is 4.90 Å². The van der Waals surface area contributed by atoms with E-state index in [-0.39, 0.29) is 5.92 Å². The highest BCUT2D eigenvalue weighted by molar-refractivity contribution is 5.81. The molecule has 1 saturated heterocycles. The van der Waals surface area contributed by atoms with Crippen molar-refractivity contribution >= 4 is 12.1 Å². The van der Waals surface area contributed by atoms with Crippen molar-refractivity contribution in [2.45, 2.75) is 51.7 Å². The van der Waals surface area contributed by atoms with E-state index in [0.717, 1.165) is 19.3 Å². The third-order valence-electron chi connectivity index (χ3n) is 3.77. The number of aliphatic carboxylic acids is 1. The van der Waals surface area contributed by atoms with Crippen LogP contribution in [0.3, 0.4) is 0 Å². The molecular weight excluding hydrogens is 234 g/mol. The van der Waals surface area contributed by atoms with Crippen molar-refractivity contribution in [3.05, 3.63) is 0 Å². The minimum Gasteiger partial charge on any atom is -0.480 e. The van der Waals surface area contributed by atoms with Crippen LogP contribution in [0.15, 0.2) is 0 Å². The van der Waals surface area contributed by atoms with Crippen molar-refractivity contribution in [1.82, 2.24) is 4.90 Å². The molecule has 0 aromatic heterocycles. The van der Waals surface area contributed by atoms with Gasteiger partial charge in [-0.25, -0.2) is 9.59 Å². The van der Waals surface area contributed by atoms with Gasteiger partial charge in [-0.05, 0) is 45.4 Å². The van der Waals surface area contributed by atoms with E-state index in [2.05, 4.69) is 0 Å². The molecule has 1 aliphatic carbocycles. The Morgan fingerprint density at radius 3 is 2.50 bits per heavy atom. The topological polar surface area (TPSA) is 66.8 Å². The van der Waals surface area contributed by atoms with Gasteiger partial charge in [0.15, 0.2) is 0 Å². The Labute approximate surface area is 107 Å². The lowest BCUT2D eigenvalue weighted by Gasteiger charge is -2.28. The molecule has 2 aliphatic rings. The van der Waals surface area contributed by atoms with Gasteiger partial charge in [0.1, 0.15) is 11.6 Å². The number of rotatable bonds is 1. The summed E-state index contributed by atoms with van der Waals surface area (Å²) >= 11 is 0. The number of carbonyl (C=O) groups is 2. The highest BCUT2D eigenvalue weighted by Gasteiger charge is 2.50. The molecule has 1 unspecified atom stereocenters. The van der Waals surface area contributed by atoms with Crippen LogP contribution in [0.1, 0.15) is 40.0 Å². The molecule has 2 fully saturated rings. The molecule has 1 aliphatic heterocycles. The highest BCUT2D eigenvalue weighted by Crippen LogP contribution is 2.42. The first-order chi connectivity index (χ1) is 8.29. The van der Waals surface area contributed by atoms with Crippen molar-refractivity contribution in [2.24, 2.45) is 11.8 Å². The minimum atomic E-state index is -0.907. The van der Waals surface area contributed by atoms with Gasteiger partial charge in [-0.2, -0.15) is 0 Å².